The van der Waals surface area contributed by atoms with Gasteiger partial charge in [0.2, 0.25) is 0 Å². The summed E-state index contributed by atoms with van der Waals surface area (Å²) in [5, 5.41) is 3.05. The molecule has 0 heterocycles. The molecule has 0 saturated carbocycles. The summed E-state index contributed by atoms with van der Waals surface area (Å²) in [6.45, 7) is 2.01. The van der Waals surface area contributed by atoms with Crippen LogP contribution < -0.4 is 11.1 Å². The second-order valence-corrected chi connectivity index (χ2v) is 5.10. The number of carbonyl (C=O) groups is 1. The smallest absolute Gasteiger partial charge is 0.340 e. The predicted octanol–water partition coefficient (Wildman–Crippen LogP) is 4.09. The molecule has 0 aliphatic carbocycles. The van der Waals surface area contributed by atoms with E-state index in [4.69, 9.17) is 10.5 Å². The second-order valence-electron chi connectivity index (χ2n) is 4.24. The van der Waals surface area contributed by atoms with Gasteiger partial charge in [-0.15, -0.1) is 0 Å². The van der Waals surface area contributed by atoms with Crippen LogP contribution in [0.15, 0.2) is 40.9 Å². The fourth-order valence-corrected chi connectivity index (χ4v) is 2.17. The van der Waals surface area contributed by atoms with Crippen LogP contribution in [0.1, 0.15) is 17.3 Å². The van der Waals surface area contributed by atoms with Gasteiger partial charge in [-0.3, -0.25) is 0 Å². The lowest BCUT2D eigenvalue weighted by atomic mass is 10.1. The first-order chi connectivity index (χ1) is 10.0. The lowest BCUT2D eigenvalue weighted by molar-refractivity contribution is 0.0527. The summed E-state index contributed by atoms with van der Waals surface area (Å²) in [4.78, 5) is 11.8. The van der Waals surface area contributed by atoms with E-state index in [0.29, 0.717) is 21.4 Å². The standard InChI is InChI=1S/C15H14BrFN2O2/c1-2-21-15(20)10-4-3-5-13(14(10)18)19-9-6-7-12(17)11(16)8-9/h3-8,19H,2,18H2,1H3. The van der Waals surface area contributed by atoms with Crippen LogP contribution in [0.3, 0.4) is 0 Å². The minimum Gasteiger partial charge on any atom is -0.462 e. The van der Waals surface area contributed by atoms with Crippen LogP contribution in [0.5, 0.6) is 0 Å². The highest BCUT2D eigenvalue weighted by Crippen LogP contribution is 2.28. The van der Waals surface area contributed by atoms with Gasteiger partial charge in [0.15, 0.2) is 0 Å². The average molecular weight is 353 g/mol. The zero-order chi connectivity index (χ0) is 15.4. The molecule has 0 fully saturated rings. The van der Waals surface area contributed by atoms with E-state index in [0.717, 1.165) is 0 Å². The highest BCUT2D eigenvalue weighted by atomic mass is 79.9. The zero-order valence-corrected chi connectivity index (χ0v) is 12.9. The van der Waals surface area contributed by atoms with Crippen LogP contribution in [0.4, 0.5) is 21.5 Å². The Morgan fingerprint density at radius 3 is 2.81 bits per heavy atom. The third-order valence-electron chi connectivity index (χ3n) is 2.80. The summed E-state index contributed by atoms with van der Waals surface area (Å²) in [5.74, 6) is -0.826. The lowest BCUT2D eigenvalue weighted by Gasteiger charge is -2.12. The molecule has 6 heteroatoms. The van der Waals surface area contributed by atoms with Crippen molar-refractivity contribution in [1.82, 2.24) is 0 Å². The molecule has 2 rings (SSSR count). The highest BCUT2D eigenvalue weighted by molar-refractivity contribution is 9.10. The van der Waals surface area contributed by atoms with E-state index in [1.165, 1.54) is 6.07 Å². The summed E-state index contributed by atoms with van der Waals surface area (Å²) >= 11 is 3.12. The maximum Gasteiger partial charge on any atom is 0.340 e. The monoisotopic (exact) mass is 352 g/mol. The van der Waals surface area contributed by atoms with E-state index < -0.39 is 5.97 Å². The molecule has 2 aromatic carbocycles. The molecule has 0 spiro atoms. The SMILES string of the molecule is CCOC(=O)c1cccc(Nc2ccc(F)c(Br)c2)c1N. The maximum atomic E-state index is 13.2. The summed E-state index contributed by atoms with van der Waals surface area (Å²) in [7, 11) is 0. The minimum absolute atomic E-state index is 0.279. The Labute approximate surface area is 130 Å². The number of nitrogens with one attached hydrogen (secondary N) is 1. The Morgan fingerprint density at radius 2 is 2.14 bits per heavy atom. The number of ether oxygens (including phenoxy) is 1. The topological polar surface area (TPSA) is 64.3 Å². The lowest BCUT2D eigenvalue weighted by Crippen LogP contribution is -2.09. The van der Waals surface area contributed by atoms with Crippen molar-refractivity contribution in [3.8, 4) is 0 Å². The fourth-order valence-electron chi connectivity index (χ4n) is 1.79. The van der Waals surface area contributed by atoms with E-state index in [2.05, 4.69) is 21.2 Å². The van der Waals surface area contributed by atoms with E-state index in [-0.39, 0.29) is 18.1 Å². The highest BCUT2D eigenvalue weighted by Gasteiger charge is 2.13. The quantitative estimate of drug-likeness (QED) is 0.642. The number of esters is 1. The van der Waals surface area contributed by atoms with E-state index in [1.807, 2.05) is 0 Å². The average Bonchev–Trinajstić information content (AvgIpc) is 2.45. The molecular weight excluding hydrogens is 339 g/mol. The van der Waals surface area contributed by atoms with Gasteiger partial charge >= 0.3 is 5.97 Å². The molecule has 0 saturated heterocycles. The van der Waals surface area contributed by atoms with Crippen molar-refractivity contribution in [1.29, 1.82) is 0 Å². The Kier molecular flexibility index (Phi) is 4.80. The van der Waals surface area contributed by atoms with Gasteiger partial charge in [0.05, 0.1) is 28.0 Å². The van der Waals surface area contributed by atoms with Crippen molar-refractivity contribution in [2.45, 2.75) is 6.92 Å². The molecular formula is C15H14BrFN2O2. The number of para-hydroxylation sites is 1. The van der Waals surface area contributed by atoms with E-state index in [9.17, 15) is 9.18 Å². The normalized spacial score (nSPS) is 10.2. The van der Waals surface area contributed by atoms with Crippen molar-refractivity contribution in [2.75, 3.05) is 17.7 Å². The molecule has 0 radical (unpaired) electrons. The first kappa shape index (κ1) is 15.3. The second kappa shape index (κ2) is 6.58. The van der Waals surface area contributed by atoms with E-state index >= 15 is 0 Å². The molecule has 0 aliphatic heterocycles. The Balaban J connectivity index is 2.30. The van der Waals surface area contributed by atoms with Crippen LogP contribution >= 0.6 is 15.9 Å². The van der Waals surface area contributed by atoms with Gasteiger partial charge < -0.3 is 15.8 Å². The molecule has 4 nitrogen and oxygen atoms in total. The maximum absolute atomic E-state index is 13.2. The molecule has 0 aromatic heterocycles. The van der Waals surface area contributed by atoms with Gasteiger partial charge in [-0.05, 0) is 53.2 Å². The number of nitrogen functional groups attached to an aromatic ring is 1. The number of benzene rings is 2. The predicted molar refractivity (Wildman–Crippen MR) is 84.2 cm³/mol. The van der Waals surface area contributed by atoms with Crippen molar-refractivity contribution in [3.63, 3.8) is 0 Å². The van der Waals surface area contributed by atoms with Crippen molar-refractivity contribution >= 4 is 39.0 Å². The van der Waals surface area contributed by atoms with Gasteiger partial charge in [-0.1, -0.05) is 6.07 Å². The molecule has 0 aliphatic rings. The third kappa shape index (κ3) is 3.52. The van der Waals surface area contributed by atoms with Gasteiger partial charge in [0.1, 0.15) is 5.82 Å². The van der Waals surface area contributed by atoms with Crippen LogP contribution in [0.2, 0.25) is 0 Å². The Bertz CT molecular complexity index is 677. The number of rotatable bonds is 4. The first-order valence-corrected chi connectivity index (χ1v) is 7.10. The Morgan fingerprint density at radius 1 is 1.38 bits per heavy atom. The minimum atomic E-state index is -0.473. The van der Waals surface area contributed by atoms with E-state index in [1.54, 1.807) is 37.3 Å². The molecule has 0 unspecified atom stereocenters. The van der Waals surface area contributed by atoms with Crippen LogP contribution in [-0.4, -0.2) is 12.6 Å². The number of halogens is 2. The molecule has 21 heavy (non-hydrogen) atoms. The first-order valence-electron chi connectivity index (χ1n) is 6.30. The molecule has 0 atom stereocenters. The number of anilines is 3. The van der Waals surface area contributed by atoms with Crippen LogP contribution in [0.25, 0.3) is 0 Å². The number of hydrogen-bond donors (Lipinski definition) is 2. The van der Waals surface area contributed by atoms with Crippen LogP contribution in [0, 0.1) is 5.82 Å². The molecule has 2 aromatic rings. The summed E-state index contributed by atoms with van der Waals surface area (Å²) in [6.07, 6.45) is 0. The molecule has 0 amide bonds. The van der Waals surface area contributed by atoms with Crippen LogP contribution in [-0.2, 0) is 4.74 Å². The number of hydrogen-bond acceptors (Lipinski definition) is 4. The van der Waals surface area contributed by atoms with Crippen molar-refractivity contribution in [2.24, 2.45) is 0 Å². The number of carbonyl (C=O) groups excluding carboxylic acids is 1. The van der Waals surface area contributed by atoms with Gasteiger partial charge in [0, 0.05) is 5.69 Å². The van der Waals surface area contributed by atoms with Gasteiger partial charge in [-0.2, -0.15) is 0 Å². The summed E-state index contributed by atoms with van der Waals surface area (Å²) in [5.41, 5.74) is 7.77. The van der Waals surface area contributed by atoms with Crippen molar-refractivity contribution < 1.29 is 13.9 Å². The Hall–Kier alpha value is -2.08. The zero-order valence-electron chi connectivity index (χ0n) is 11.3. The van der Waals surface area contributed by atoms with Gasteiger partial charge in [-0.25, -0.2) is 9.18 Å². The summed E-state index contributed by atoms with van der Waals surface area (Å²) < 4.78 is 18.5. The molecule has 110 valence electrons. The fraction of sp³-hybridized carbons (Fsp3) is 0.133. The molecule has 0 bridgehead atoms. The summed E-state index contributed by atoms with van der Waals surface area (Å²) in [6, 6.07) is 9.53. The van der Waals surface area contributed by atoms with Crippen molar-refractivity contribution in [3.05, 3.63) is 52.3 Å². The molecule has 3 N–H and O–H groups in total. The number of nitrogens with two attached hydrogens (primary N) is 1. The third-order valence-corrected chi connectivity index (χ3v) is 3.41. The van der Waals surface area contributed by atoms with Gasteiger partial charge in [0.25, 0.3) is 0 Å². The largest absolute Gasteiger partial charge is 0.462 e.